The van der Waals surface area contributed by atoms with Crippen LogP contribution in [0.25, 0.3) is 0 Å². The van der Waals surface area contributed by atoms with Gasteiger partial charge in [0, 0.05) is 24.2 Å². The van der Waals surface area contributed by atoms with E-state index in [0.717, 1.165) is 34.1 Å². The maximum Gasteiger partial charge on any atom is 0.130 e. The summed E-state index contributed by atoms with van der Waals surface area (Å²) in [4.78, 5) is 0. The molecule has 0 aliphatic heterocycles. The highest BCUT2D eigenvalue weighted by Crippen LogP contribution is 2.27. The van der Waals surface area contributed by atoms with E-state index in [1.54, 1.807) is 0 Å². The molecule has 20 heavy (non-hydrogen) atoms. The van der Waals surface area contributed by atoms with E-state index in [4.69, 9.17) is 16.3 Å². The number of nitrogens with one attached hydrogen (secondary N) is 1. The van der Waals surface area contributed by atoms with E-state index in [0.29, 0.717) is 13.2 Å². The number of hydrogen-bond donors (Lipinski definition) is 1. The third-order valence-electron chi connectivity index (χ3n) is 3.19. The molecule has 2 rings (SSSR count). The van der Waals surface area contributed by atoms with Crippen molar-refractivity contribution < 1.29 is 4.74 Å². The van der Waals surface area contributed by atoms with Gasteiger partial charge in [0.25, 0.3) is 0 Å². The molecule has 2 aromatic rings. The zero-order valence-corrected chi connectivity index (χ0v) is 12.9. The highest BCUT2D eigenvalue weighted by molar-refractivity contribution is 6.31. The average Bonchev–Trinajstić information content (AvgIpc) is 2.80. The van der Waals surface area contributed by atoms with E-state index in [-0.39, 0.29) is 0 Å². The minimum Gasteiger partial charge on any atom is -0.487 e. The van der Waals surface area contributed by atoms with Crippen molar-refractivity contribution in [3.8, 4) is 5.75 Å². The minimum absolute atomic E-state index is 0.487. The van der Waals surface area contributed by atoms with Gasteiger partial charge in [-0.2, -0.15) is 5.10 Å². The van der Waals surface area contributed by atoms with Gasteiger partial charge in [0.15, 0.2) is 0 Å². The molecule has 0 aliphatic carbocycles. The predicted octanol–water partition coefficient (Wildman–Crippen LogP) is 2.93. The lowest BCUT2D eigenvalue weighted by Gasteiger charge is -2.12. The Kier molecular flexibility index (Phi) is 5.04. The van der Waals surface area contributed by atoms with Crippen molar-refractivity contribution in [2.75, 3.05) is 7.05 Å². The maximum absolute atomic E-state index is 6.21. The van der Waals surface area contributed by atoms with E-state index in [1.807, 2.05) is 37.0 Å². The fourth-order valence-corrected chi connectivity index (χ4v) is 2.29. The number of rotatable bonds is 6. The van der Waals surface area contributed by atoms with Crippen LogP contribution in [-0.2, 0) is 26.6 Å². The highest BCUT2D eigenvalue weighted by Gasteiger charge is 2.09. The molecule has 0 amide bonds. The first-order valence-electron chi connectivity index (χ1n) is 6.72. The van der Waals surface area contributed by atoms with Crippen molar-refractivity contribution in [3.05, 3.63) is 46.2 Å². The van der Waals surface area contributed by atoms with Crippen LogP contribution in [0.4, 0.5) is 0 Å². The molecule has 1 aromatic heterocycles. The molecule has 1 aromatic carbocycles. The van der Waals surface area contributed by atoms with E-state index in [9.17, 15) is 0 Å². The Labute approximate surface area is 124 Å². The smallest absolute Gasteiger partial charge is 0.130 e. The second-order valence-corrected chi connectivity index (χ2v) is 5.05. The summed E-state index contributed by atoms with van der Waals surface area (Å²) in [6.45, 7) is 3.26. The summed E-state index contributed by atoms with van der Waals surface area (Å²) in [5.41, 5.74) is 3.11. The fourth-order valence-electron chi connectivity index (χ4n) is 2.05. The van der Waals surface area contributed by atoms with Crippen LogP contribution in [-0.4, -0.2) is 16.8 Å². The predicted molar refractivity (Wildman–Crippen MR) is 81.1 cm³/mol. The molecule has 0 spiro atoms. The summed E-state index contributed by atoms with van der Waals surface area (Å²) in [6.07, 6.45) is 0.927. The molecule has 0 bridgehead atoms. The molecule has 108 valence electrons. The van der Waals surface area contributed by atoms with Gasteiger partial charge in [-0.05, 0) is 31.7 Å². The number of benzene rings is 1. The molecule has 4 nitrogen and oxygen atoms in total. The van der Waals surface area contributed by atoms with Crippen LogP contribution in [0.1, 0.15) is 23.9 Å². The molecule has 1 N–H and O–H groups in total. The van der Waals surface area contributed by atoms with E-state index in [2.05, 4.69) is 23.4 Å². The summed E-state index contributed by atoms with van der Waals surface area (Å²) in [5.74, 6) is 0.811. The molecule has 5 heteroatoms. The molecule has 1 heterocycles. The summed E-state index contributed by atoms with van der Waals surface area (Å²) in [5, 5.41) is 8.24. The minimum atomic E-state index is 0.487. The maximum atomic E-state index is 6.21. The second kappa shape index (κ2) is 6.77. The van der Waals surface area contributed by atoms with Gasteiger partial charge in [-0.1, -0.05) is 24.6 Å². The molecule has 0 radical (unpaired) electrons. The third kappa shape index (κ3) is 3.32. The van der Waals surface area contributed by atoms with E-state index >= 15 is 0 Å². The second-order valence-electron chi connectivity index (χ2n) is 4.64. The standard InChI is InChI=1S/C15H20ClN3O/c1-4-11-8-12(19(3)18-11)10-20-15-7-5-6-14(16)13(15)9-17-2/h5-8,17H,4,9-10H2,1-3H3. The molecular formula is C15H20ClN3O. The first kappa shape index (κ1) is 14.9. The topological polar surface area (TPSA) is 39.1 Å². The Morgan fingerprint density at radius 1 is 1.40 bits per heavy atom. The monoisotopic (exact) mass is 293 g/mol. The van der Waals surface area contributed by atoms with Gasteiger partial charge in [0.2, 0.25) is 0 Å². The highest BCUT2D eigenvalue weighted by atomic mass is 35.5. The van der Waals surface area contributed by atoms with E-state index in [1.165, 1.54) is 0 Å². The van der Waals surface area contributed by atoms with Gasteiger partial charge in [-0.3, -0.25) is 4.68 Å². The lowest BCUT2D eigenvalue weighted by Crippen LogP contribution is -2.09. The van der Waals surface area contributed by atoms with Crippen molar-refractivity contribution >= 4 is 11.6 Å². The lowest BCUT2D eigenvalue weighted by molar-refractivity contribution is 0.291. The van der Waals surface area contributed by atoms with Gasteiger partial charge in [0.05, 0.1) is 11.4 Å². The van der Waals surface area contributed by atoms with Crippen LogP contribution in [0, 0.1) is 0 Å². The van der Waals surface area contributed by atoms with Gasteiger partial charge < -0.3 is 10.1 Å². The van der Waals surface area contributed by atoms with Gasteiger partial charge in [0.1, 0.15) is 12.4 Å². The normalized spacial score (nSPS) is 10.8. The quantitative estimate of drug-likeness (QED) is 0.890. The Hall–Kier alpha value is -1.52. The molecule has 0 fully saturated rings. The number of halogens is 1. The molecule has 0 saturated carbocycles. The van der Waals surface area contributed by atoms with Crippen LogP contribution in [0.3, 0.4) is 0 Å². The summed E-state index contributed by atoms with van der Waals surface area (Å²) < 4.78 is 7.77. The van der Waals surface area contributed by atoms with Gasteiger partial charge in [-0.25, -0.2) is 0 Å². The number of nitrogens with zero attached hydrogens (tertiary/aromatic N) is 2. The molecule has 0 unspecified atom stereocenters. The van der Waals surface area contributed by atoms with Crippen molar-refractivity contribution in [1.82, 2.24) is 15.1 Å². The SMILES string of the molecule is CCc1cc(COc2cccc(Cl)c2CNC)n(C)n1. The fraction of sp³-hybridized carbons (Fsp3) is 0.400. The van der Waals surface area contributed by atoms with Gasteiger partial charge >= 0.3 is 0 Å². The van der Waals surface area contributed by atoms with Crippen LogP contribution in [0.15, 0.2) is 24.3 Å². The number of aromatic nitrogens is 2. The van der Waals surface area contributed by atoms with Crippen molar-refractivity contribution in [1.29, 1.82) is 0 Å². The van der Waals surface area contributed by atoms with Crippen LogP contribution < -0.4 is 10.1 Å². The molecular weight excluding hydrogens is 274 g/mol. The van der Waals surface area contributed by atoms with Crippen LogP contribution >= 0.6 is 11.6 Å². The average molecular weight is 294 g/mol. The first-order chi connectivity index (χ1) is 9.65. The summed E-state index contributed by atoms with van der Waals surface area (Å²) in [6, 6.07) is 7.79. The van der Waals surface area contributed by atoms with E-state index < -0.39 is 0 Å². The number of aryl methyl sites for hydroxylation is 2. The number of hydrogen-bond acceptors (Lipinski definition) is 3. The Morgan fingerprint density at radius 3 is 2.85 bits per heavy atom. The zero-order chi connectivity index (χ0) is 14.5. The lowest BCUT2D eigenvalue weighted by atomic mass is 10.2. The van der Waals surface area contributed by atoms with Crippen molar-refractivity contribution in [2.24, 2.45) is 7.05 Å². The van der Waals surface area contributed by atoms with Gasteiger partial charge in [-0.15, -0.1) is 0 Å². The Balaban J connectivity index is 2.14. The molecule has 0 atom stereocenters. The third-order valence-corrected chi connectivity index (χ3v) is 3.55. The largest absolute Gasteiger partial charge is 0.487 e. The zero-order valence-electron chi connectivity index (χ0n) is 12.1. The summed E-state index contributed by atoms with van der Waals surface area (Å²) >= 11 is 6.21. The van der Waals surface area contributed by atoms with Crippen molar-refractivity contribution in [3.63, 3.8) is 0 Å². The van der Waals surface area contributed by atoms with Crippen molar-refractivity contribution in [2.45, 2.75) is 26.5 Å². The molecule has 0 aliphatic rings. The molecule has 0 saturated heterocycles. The Bertz CT molecular complexity index is 580. The number of ether oxygens (including phenoxy) is 1. The van der Waals surface area contributed by atoms with Crippen LogP contribution in [0.5, 0.6) is 5.75 Å². The summed E-state index contributed by atoms with van der Waals surface area (Å²) in [7, 11) is 3.83. The Morgan fingerprint density at radius 2 is 2.20 bits per heavy atom. The van der Waals surface area contributed by atoms with Crippen LogP contribution in [0.2, 0.25) is 5.02 Å². The first-order valence-corrected chi connectivity index (χ1v) is 7.10.